The minimum absolute atomic E-state index is 0.397. The standard InChI is InChI=1S/C12H12N4O/c13-6-9-5-10(17-15-9)7-16-8-14-11-3-1-2-4-12(11)16/h1-5,8H,6-7,13H2. The zero-order chi connectivity index (χ0) is 11.7. The van der Waals surface area contributed by atoms with Crippen LogP contribution in [0.2, 0.25) is 0 Å². The molecule has 0 saturated heterocycles. The van der Waals surface area contributed by atoms with Crippen molar-refractivity contribution in [2.24, 2.45) is 5.73 Å². The van der Waals surface area contributed by atoms with Crippen molar-refractivity contribution in [3.8, 4) is 0 Å². The fourth-order valence-corrected chi connectivity index (χ4v) is 1.83. The SMILES string of the molecule is NCc1cc(Cn2cnc3ccccc32)on1. The lowest BCUT2D eigenvalue weighted by Gasteiger charge is -1.99. The van der Waals surface area contributed by atoms with E-state index in [9.17, 15) is 0 Å². The Labute approximate surface area is 97.8 Å². The Balaban J connectivity index is 1.94. The molecule has 2 aromatic heterocycles. The largest absolute Gasteiger partial charge is 0.359 e. The number of hydrogen-bond donors (Lipinski definition) is 1. The fourth-order valence-electron chi connectivity index (χ4n) is 1.83. The average Bonchev–Trinajstić information content (AvgIpc) is 2.97. The van der Waals surface area contributed by atoms with Gasteiger partial charge in [-0.3, -0.25) is 0 Å². The van der Waals surface area contributed by atoms with Crippen LogP contribution in [0.1, 0.15) is 11.5 Å². The minimum Gasteiger partial charge on any atom is -0.359 e. The monoisotopic (exact) mass is 228 g/mol. The highest BCUT2D eigenvalue weighted by atomic mass is 16.5. The molecule has 3 aromatic rings. The zero-order valence-corrected chi connectivity index (χ0v) is 9.21. The molecule has 1 aromatic carbocycles. The summed E-state index contributed by atoms with van der Waals surface area (Å²) in [7, 11) is 0. The highest BCUT2D eigenvalue weighted by Crippen LogP contribution is 2.14. The van der Waals surface area contributed by atoms with Crippen molar-refractivity contribution in [2.45, 2.75) is 13.1 Å². The first kappa shape index (κ1) is 10.0. The molecule has 5 nitrogen and oxygen atoms in total. The summed E-state index contributed by atoms with van der Waals surface area (Å²) in [5.74, 6) is 0.786. The van der Waals surface area contributed by atoms with Crippen molar-refractivity contribution in [1.82, 2.24) is 14.7 Å². The van der Waals surface area contributed by atoms with Gasteiger partial charge < -0.3 is 14.8 Å². The summed E-state index contributed by atoms with van der Waals surface area (Å²) < 4.78 is 7.22. The molecule has 0 bridgehead atoms. The molecule has 2 heterocycles. The van der Waals surface area contributed by atoms with Gasteiger partial charge in [-0.15, -0.1) is 0 Å². The van der Waals surface area contributed by atoms with Crippen LogP contribution in [0.25, 0.3) is 11.0 Å². The number of nitrogens with two attached hydrogens (primary N) is 1. The first-order chi connectivity index (χ1) is 8.36. The molecular formula is C12H12N4O. The Kier molecular flexibility index (Phi) is 2.38. The second kappa shape index (κ2) is 4.03. The molecule has 0 saturated carbocycles. The lowest BCUT2D eigenvalue weighted by molar-refractivity contribution is 0.372. The van der Waals surface area contributed by atoms with Crippen LogP contribution < -0.4 is 5.73 Å². The average molecular weight is 228 g/mol. The molecule has 5 heteroatoms. The number of aromatic nitrogens is 3. The Morgan fingerprint density at radius 3 is 3.00 bits per heavy atom. The second-order valence-corrected chi connectivity index (χ2v) is 3.85. The predicted octanol–water partition coefficient (Wildman–Crippen LogP) is 1.53. The van der Waals surface area contributed by atoms with Gasteiger partial charge in [0.25, 0.3) is 0 Å². The molecule has 0 aliphatic rings. The van der Waals surface area contributed by atoms with Gasteiger partial charge >= 0.3 is 0 Å². The van der Waals surface area contributed by atoms with E-state index in [0.717, 1.165) is 22.5 Å². The summed E-state index contributed by atoms with van der Waals surface area (Å²) in [6.45, 7) is 1.02. The highest BCUT2D eigenvalue weighted by Gasteiger charge is 2.06. The van der Waals surface area contributed by atoms with Crippen LogP contribution in [-0.4, -0.2) is 14.7 Å². The van der Waals surface area contributed by atoms with Crippen molar-refractivity contribution in [3.63, 3.8) is 0 Å². The first-order valence-electron chi connectivity index (χ1n) is 5.41. The topological polar surface area (TPSA) is 69.9 Å². The number of rotatable bonds is 3. The zero-order valence-electron chi connectivity index (χ0n) is 9.21. The van der Waals surface area contributed by atoms with E-state index in [4.69, 9.17) is 10.3 Å². The van der Waals surface area contributed by atoms with Crippen LogP contribution >= 0.6 is 0 Å². The number of benzene rings is 1. The van der Waals surface area contributed by atoms with Crippen LogP contribution in [0.4, 0.5) is 0 Å². The predicted molar refractivity (Wildman–Crippen MR) is 63.2 cm³/mol. The van der Waals surface area contributed by atoms with Gasteiger partial charge in [-0.1, -0.05) is 17.3 Å². The third-order valence-corrected chi connectivity index (χ3v) is 2.67. The molecular weight excluding hydrogens is 216 g/mol. The van der Waals surface area contributed by atoms with Crippen molar-refractivity contribution in [3.05, 3.63) is 48.1 Å². The van der Waals surface area contributed by atoms with E-state index >= 15 is 0 Å². The Morgan fingerprint density at radius 2 is 2.18 bits per heavy atom. The summed E-state index contributed by atoms with van der Waals surface area (Å²) in [5, 5.41) is 3.86. The van der Waals surface area contributed by atoms with Gasteiger partial charge in [-0.2, -0.15) is 0 Å². The smallest absolute Gasteiger partial charge is 0.156 e. The maximum Gasteiger partial charge on any atom is 0.156 e. The molecule has 0 unspecified atom stereocenters. The van der Waals surface area contributed by atoms with Crippen LogP contribution in [-0.2, 0) is 13.1 Å². The van der Waals surface area contributed by atoms with E-state index in [1.807, 2.05) is 34.9 Å². The quantitative estimate of drug-likeness (QED) is 0.738. The summed E-state index contributed by atoms with van der Waals surface area (Å²) in [6, 6.07) is 9.85. The van der Waals surface area contributed by atoms with Gasteiger partial charge in [-0.25, -0.2) is 4.98 Å². The van der Waals surface area contributed by atoms with E-state index in [0.29, 0.717) is 13.1 Å². The van der Waals surface area contributed by atoms with Crippen molar-refractivity contribution in [2.75, 3.05) is 0 Å². The van der Waals surface area contributed by atoms with Crippen molar-refractivity contribution < 1.29 is 4.52 Å². The van der Waals surface area contributed by atoms with E-state index < -0.39 is 0 Å². The van der Waals surface area contributed by atoms with E-state index in [1.165, 1.54) is 0 Å². The second-order valence-electron chi connectivity index (χ2n) is 3.85. The third kappa shape index (κ3) is 1.81. The molecule has 86 valence electrons. The van der Waals surface area contributed by atoms with Gasteiger partial charge in [-0.05, 0) is 12.1 Å². The van der Waals surface area contributed by atoms with Gasteiger partial charge in [0.2, 0.25) is 0 Å². The number of imidazole rings is 1. The molecule has 3 rings (SSSR count). The maximum absolute atomic E-state index is 5.49. The summed E-state index contributed by atoms with van der Waals surface area (Å²) in [5.41, 5.74) is 8.31. The van der Waals surface area contributed by atoms with E-state index in [-0.39, 0.29) is 0 Å². The molecule has 0 aliphatic heterocycles. The third-order valence-electron chi connectivity index (χ3n) is 2.67. The van der Waals surface area contributed by atoms with Crippen molar-refractivity contribution >= 4 is 11.0 Å². The lowest BCUT2D eigenvalue weighted by atomic mass is 10.3. The first-order valence-corrected chi connectivity index (χ1v) is 5.41. The van der Waals surface area contributed by atoms with E-state index in [2.05, 4.69) is 10.1 Å². The fraction of sp³-hybridized carbons (Fsp3) is 0.167. The number of hydrogen-bond acceptors (Lipinski definition) is 4. The Bertz CT molecular complexity index is 641. The van der Waals surface area contributed by atoms with Crippen LogP contribution in [0.15, 0.2) is 41.2 Å². The number of para-hydroxylation sites is 2. The van der Waals surface area contributed by atoms with Gasteiger partial charge in [0, 0.05) is 12.6 Å². The summed E-state index contributed by atoms with van der Waals surface area (Å²) >= 11 is 0. The number of fused-ring (bicyclic) bond motifs is 1. The Morgan fingerprint density at radius 1 is 1.29 bits per heavy atom. The minimum atomic E-state index is 0.397. The normalized spacial score (nSPS) is 11.1. The molecule has 0 fully saturated rings. The van der Waals surface area contributed by atoms with Gasteiger partial charge in [0.15, 0.2) is 5.76 Å². The van der Waals surface area contributed by atoms with Crippen LogP contribution in [0, 0.1) is 0 Å². The molecule has 0 atom stereocenters. The molecule has 0 amide bonds. The molecule has 0 spiro atoms. The lowest BCUT2D eigenvalue weighted by Crippen LogP contribution is -1.97. The van der Waals surface area contributed by atoms with Gasteiger partial charge in [0.05, 0.1) is 29.6 Å². The Hall–Kier alpha value is -2.14. The van der Waals surface area contributed by atoms with Crippen LogP contribution in [0.3, 0.4) is 0 Å². The molecule has 0 radical (unpaired) electrons. The van der Waals surface area contributed by atoms with Crippen molar-refractivity contribution in [1.29, 1.82) is 0 Å². The summed E-state index contributed by atoms with van der Waals surface area (Å²) in [4.78, 5) is 4.32. The molecule has 2 N–H and O–H groups in total. The molecule has 17 heavy (non-hydrogen) atoms. The van der Waals surface area contributed by atoms with E-state index in [1.54, 1.807) is 6.33 Å². The maximum atomic E-state index is 5.49. The molecule has 0 aliphatic carbocycles. The van der Waals surface area contributed by atoms with Gasteiger partial charge in [0.1, 0.15) is 0 Å². The number of nitrogens with zero attached hydrogens (tertiary/aromatic N) is 3. The summed E-state index contributed by atoms with van der Waals surface area (Å²) in [6.07, 6.45) is 1.80. The van der Waals surface area contributed by atoms with Crippen LogP contribution in [0.5, 0.6) is 0 Å². The highest BCUT2D eigenvalue weighted by molar-refractivity contribution is 5.74.